The minimum absolute atomic E-state index is 0.143. The Morgan fingerprint density at radius 2 is 2.00 bits per heavy atom. The van der Waals surface area contributed by atoms with Gasteiger partial charge in [0.05, 0.1) is 0 Å². The normalized spacial score (nSPS) is 28.1. The third-order valence-electron chi connectivity index (χ3n) is 4.28. The Kier molecular flexibility index (Phi) is 2.75. The highest BCUT2D eigenvalue weighted by Gasteiger charge is 2.62. The zero-order valence-corrected chi connectivity index (χ0v) is 12.3. The van der Waals surface area contributed by atoms with Crippen molar-refractivity contribution in [2.24, 2.45) is 5.92 Å². The first-order chi connectivity index (χ1) is 9.30. The van der Waals surface area contributed by atoms with Crippen LogP contribution in [-0.4, -0.2) is 29.7 Å². The number of nitrogen functional groups attached to an aromatic ring is 1. The van der Waals surface area contributed by atoms with E-state index in [0.717, 1.165) is 25.2 Å². The first kappa shape index (κ1) is 13.3. The second-order valence-electron chi connectivity index (χ2n) is 7.04. The molecule has 20 heavy (non-hydrogen) atoms. The molecule has 0 radical (unpaired) electrons. The van der Waals surface area contributed by atoms with E-state index in [1.807, 2.05) is 37.8 Å². The lowest BCUT2D eigenvalue weighted by molar-refractivity contribution is 0.0270. The van der Waals surface area contributed by atoms with E-state index >= 15 is 0 Å². The molecule has 0 unspecified atom stereocenters. The van der Waals surface area contributed by atoms with Crippen molar-refractivity contribution in [1.29, 1.82) is 0 Å². The van der Waals surface area contributed by atoms with Crippen LogP contribution in [-0.2, 0) is 10.2 Å². The fourth-order valence-electron chi connectivity index (χ4n) is 3.21. The maximum absolute atomic E-state index is 12.1. The van der Waals surface area contributed by atoms with Gasteiger partial charge in [0.2, 0.25) is 0 Å². The molecule has 1 aromatic carbocycles. The third kappa shape index (κ3) is 2.23. The van der Waals surface area contributed by atoms with Crippen molar-refractivity contribution < 1.29 is 9.53 Å². The number of likely N-dealkylation sites (tertiary alicyclic amines) is 1. The molecule has 4 heteroatoms. The summed E-state index contributed by atoms with van der Waals surface area (Å²) < 4.78 is 5.46. The number of nitrogens with two attached hydrogens (primary N) is 1. The summed E-state index contributed by atoms with van der Waals surface area (Å²) in [5, 5.41) is 0. The number of piperidine rings is 1. The number of anilines is 1. The summed E-state index contributed by atoms with van der Waals surface area (Å²) in [6.07, 6.45) is 0.968. The van der Waals surface area contributed by atoms with E-state index in [-0.39, 0.29) is 11.5 Å². The van der Waals surface area contributed by atoms with Crippen molar-refractivity contribution in [2.45, 2.75) is 38.2 Å². The van der Waals surface area contributed by atoms with Gasteiger partial charge in [-0.2, -0.15) is 0 Å². The van der Waals surface area contributed by atoms with Crippen LogP contribution in [0.15, 0.2) is 24.3 Å². The zero-order chi connectivity index (χ0) is 14.5. The number of nitrogens with zero attached hydrogens (tertiary/aromatic N) is 1. The van der Waals surface area contributed by atoms with E-state index in [1.54, 1.807) is 0 Å². The number of ether oxygens (including phenoxy) is 1. The second kappa shape index (κ2) is 4.14. The number of hydrogen-bond acceptors (Lipinski definition) is 3. The smallest absolute Gasteiger partial charge is 0.410 e. The molecule has 2 fully saturated rings. The van der Waals surface area contributed by atoms with Gasteiger partial charge in [-0.1, -0.05) is 12.1 Å². The number of hydrogen-bond donors (Lipinski definition) is 1. The molecule has 108 valence electrons. The zero-order valence-electron chi connectivity index (χ0n) is 12.3. The lowest BCUT2D eigenvalue weighted by Crippen LogP contribution is -2.37. The molecule has 0 aromatic heterocycles. The SMILES string of the molecule is CC(C)(C)OC(=O)N1C[C@@H]2C[C@]2(c2ccc(N)cc2)C1. The van der Waals surface area contributed by atoms with Gasteiger partial charge in [0.1, 0.15) is 5.60 Å². The van der Waals surface area contributed by atoms with Crippen molar-refractivity contribution >= 4 is 11.8 Å². The molecule has 4 nitrogen and oxygen atoms in total. The quantitative estimate of drug-likeness (QED) is 0.801. The summed E-state index contributed by atoms with van der Waals surface area (Å²) in [5.74, 6) is 0.568. The van der Waals surface area contributed by atoms with E-state index in [2.05, 4.69) is 12.1 Å². The number of amides is 1. The van der Waals surface area contributed by atoms with Crippen LogP contribution in [0.1, 0.15) is 32.8 Å². The first-order valence-corrected chi connectivity index (χ1v) is 7.14. The van der Waals surface area contributed by atoms with E-state index in [4.69, 9.17) is 10.5 Å². The molecule has 1 aliphatic heterocycles. The molecule has 1 saturated carbocycles. The second-order valence-corrected chi connectivity index (χ2v) is 7.04. The van der Waals surface area contributed by atoms with Crippen LogP contribution >= 0.6 is 0 Å². The highest BCUT2D eigenvalue weighted by molar-refractivity contribution is 5.70. The van der Waals surface area contributed by atoms with Crippen molar-refractivity contribution in [1.82, 2.24) is 4.90 Å². The Balaban J connectivity index is 1.71. The summed E-state index contributed by atoms with van der Waals surface area (Å²) in [6.45, 7) is 7.27. The molecule has 0 bridgehead atoms. The van der Waals surface area contributed by atoms with Gasteiger partial charge in [-0.05, 0) is 50.8 Å². The van der Waals surface area contributed by atoms with Gasteiger partial charge >= 0.3 is 6.09 Å². The van der Waals surface area contributed by atoms with Crippen LogP contribution in [0.2, 0.25) is 0 Å². The topological polar surface area (TPSA) is 55.6 Å². The molecule has 1 aliphatic carbocycles. The van der Waals surface area contributed by atoms with Crippen LogP contribution in [0.25, 0.3) is 0 Å². The Hall–Kier alpha value is -1.71. The Morgan fingerprint density at radius 3 is 2.60 bits per heavy atom. The molecule has 1 aromatic rings. The lowest BCUT2D eigenvalue weighted by Gasteiger charge is -2.26. The first-order valence-electron chi connectivity index (χ1n) is 7.14. The van der Waals surface area contributed by atoms with E-state index < -0.39 is 5.60 Å². The summed E-state index contributed by atoms with van der Waals surface area (Å²) in [5.41, 5.74) is 7.53. The summed E-state index contributed by atoms with van der Waals surface area (Å²) in [4.78, 5) is 14.0. The molecule has 1 saturated heterocycles. The van der Waals surface area contributed by atoms with Crippen LogP contribution in [0.3, 0.4) is 0 Å². The van der Waals surface area contributed by atoms with Gasteiger partial charge in [0.25, 0.3) is 0 Å². The van der Waals surface area contributed by atoms with E-state index in [9.17, 15) is 4.79 Å². The highest BCUT2D eigenvalue weighted by atomic mass is 16.6. The number of benzene rings is 1. The van der Waals surface area contributed by atoms with Crippen molar-refractivity contribution in [3.63, 3.8) is 0 Å². The largest absolute Gasteiger partial charge is 0.444 e. The van der Waals surface area contributed by atoms with Gasteiger partial charge in [0.15, 0.2) is 0 Å². The number of rotatable bonds is 1. The van der Waals surface area contributed by atoms with Gasteiger partial charge < -0.3 is 15.4 Å². The van der Waals surface area contributed by atoms with Crippen molar-refractivity contribution in [3.05, 3.63) is 29.8 Å². The number of carbonyl (C=O) groups is 1. The predicted molar refractivity (Wildman–Crippen MR) is 78.4 cm³/mol. The standard InChI is InChI=1S/C16H22N2O2/c1-15(2,3)20-14(19)18-9-12-8-16(12,10-18)11-4-6-13(17)7-5-11/h4-7,12H,8-10,17H2,1-3H3/t12-,16+/m0/s1. The molecule has 3 rings (SSSR count). The molecule has 0 spiro atoms. The fourth-order valence-corrected chi connectivity index (χ4v) is 3.21. The molecule has 1 heterocycles. The molecular formula is C16H22N2O2. The molecule has 2 N–H and O–H groups in total. The van der Waals surface area contributed by atoms with Crippen molar-refractivity contribution in [3.8, 4) is 0 Å². The summed E-state index contributed by atoms with van der Waals surface area (Å²) >= 11 is 0. The van der Waals surface area contributed by atoms with Gasteiger partial charge in [0, 0.05) is 24.2 Å². The van der Waals surface area contributed by atoms with Gasteiger partial charge in [-0.3, -0.25) is 0 Å². The average molecular weight is 274 g/mol. The predicted octanol–water partition coefficient (Wildman–Crippen LogP) is 2.78. The fraction of sp³-hybridized carbons (Fsp3) is 0.562. The number of fused-ring (bicyclic) bond motifs is 1. The summed E-state index contributed by atoms with van der Waals surface area (Å²) in [6, 6.07) is 8.06. The maximum Gasteiger partial charge on any atom is 0.410 e. The monoisotopic (exact) mass is 274 g/mol. The summed E-state index contributed by atoms with van der Waals surface area (Å²) in [7, 11) is 0. The van der Waals surface area contributed by atoms with Gasteiger partial charge in [-0.25, -0.2) is 4.79 Å². The van der Waals surface area contributed by atoms with Crippen LogP contribution in [0, 0.1) is 5.92 Å². The minimum atomic E-state index is -0.432. The van der Waals surface area contributed by atoms with Gasteiger partial charge in [-0.15, -0.1) is 0 Å². The third-order valence-corrected chi connectivity index (χ3v) is 4.28. The molecule has 2 atom stereocenters. The Morgan fingerprint density at radius 1 is 1.35 bits per heavy atom. The van der Waals surface area contributed by atoms with Crippen molar-refractivity contribution in [2.75, 3.05) is 18.8 Å². The molecule has 1 amide bonds. The molecular weight excluding hydrogens is 252 g/mol. The number of carbonyl (C=O) groups excluding carboxylic acids is 1. The average Bonchev–Trinajstić information content (AvgIpc) is 2.90. The van der Waals surface area contributed by atoms with E-state index in [0.29, 0.717) is 5.92 Å². The highest BCUT2D eigenvalue weighted by Crippen LogP contribution is 2.59. The Bertz CT molecular complexity index is 532. The lowest BCUT2D eigenvalue weighted by atomic mass is 9.95. The Labute approximate surface area is 119 Å². The maximum atomic E-state index is 12.1. The van der Waals surface area contributed by atoms with Crippen LogP contribution in [0.4, 0.5) is 10.5 Å². The van der Waals surface area contributed by atoms with Crippen LogP contribution < -0.4 is 5.73 Å². The van der Waals surface area contributed by atoms with E-state index in [1.165, 1.54) is 5.56 Å². The molecule has 2 aliphatic rings. The van der Waals surface area contributed by atoms with Crippen LogP contribution in [0.5, 0.6) is 0 Å². The minimum Gasteiger partial charge on any atom is -0.444 e.